The van der Waals surface area contributed by atoms with Crippen molar-refractivity contribution in [3.63, 3.8) is 0 Å². The highest BCUT2D eigenvalue weighted by atomic mass is 16.3. The Hall–Kier alpha value is -0.860. The lowest BCUT2D eigenvalue weighted by atomic mass is 9.61. The Morgan fingerprint density at radius 1 is 1.20 bits per heavy atom. The molecule has 3 fully saturated rings. The quantitative estimate of drug-likeness (QED) is 0.693. The van der Waals surface area contributed by atoms with Crippen molar-refractivity contribution in [1.29, 1.82) is 0 Å². The lowest BCUT2D eigenvalue weighted by Crippen LogP contribution is -2.35. The SMILES string of the molecule is C=C1[C@H](O)CC(=CC=C2CCC[C@]3(C)[C@@H]([C@@H](C)CC)CC[C@@H]23)C[C@H]1O. The zero-order valence-corrected chi connectivity index (χ0v) is 16.3. The van der Waals surface area contributed by atoms with Gasteiger partial charge in [0.1, 0.15) is 0 Å². The lowest BCUT2D eigenvalue weighted by Gasteiger charge is -2.44. The summed E-state index contributed by atoms with van der Waals surface area (Å²) in [5.74, 6) is 2.41. The topological polar surface area (TPSA) is 40.5 Å². The summed E-state index contributed by atoms with van der Waals surface area (Å²) in [7, 11) is 0. The fraction of sp³-hybridized carbons (Fsp3) is 0.739. The van der Waals surface area contributed by atoms with Crippen molar-refractivity contribution in [2.45, 2.75) is 84.3 Å². The molecule has 25 heavy (non-hydrogen) atoms. The molecule has 3 rings (SSSR count). The van der Waals surface area contributed by atoms with E-state index in [0.717, 1.165) is 23.3 Å². The predicted octanol–water partition coefficient (Wildman–Crippen LogP) is 5.17. The Bertz CT molecular complexity index is 557. The Balaban J connectivity index is 1.78. The van der Waals surface area contributed by atoms with Gasteiger partial charge in [0.25, 0.3) is 0 Å². The van der Waals surface area contributed by atoms with Crippen LogP contribution in [0.15, 0.2) is 35.5 Å². The molecule has 140 valence electrons. The van der Waals surface area contributed by atoms with Crippen LogP contribution in [0.4, 0.5) is 0 Å². The summed E-state index contributed by atoms with van der Waals surface area (Å²) in [6, 6.07) is 0. The number of allylic oxidation sites excluding steroid dienone is 3. The van der Waals surface area contributed by atoms with E-state index >= 15 is 0 Å². The van der Waals surface area contributed by atoms with Crippen molar-refractivity contribution < 1.29 is 10.2 Å². The average molecular weight is 345 g/mol. The van der Waals surface area contributed by atoms with Gasteiger partial charge in [-0.3, -0.25) is 0 Å². The molecule has 0 radical (unpaired) electrons. The van der Waals surface area contributed by atoms with E-state index in [4.69, 9.17) is 0 Å². The third kappa shape index (κ3) is 3.53. The van der Waals surface area contributed by atoms with Crippen molar-refractivity contribution >= 4 is 0 Å². The molecule has 2 nitrogen and oxygen atoms in total. The second kappa shape index (κ2) is 7.40. The van der Waals surface area contributed by atoms with Crippen LogP contribution in [0.3, 0.4) is 0 Å². The molecule has 0 heterocycles. The van der Waals surface area contributed by atoms with Crippen molar-refractivity contribution in [2.75, 3.05) is 0 Å². The monoisotopic (exact) mass is 344 g/mol. The van der Waals surface area contributed by atoms with E-state index in [2.05, 4.69) is 39.5 Å². The molecule has 0 aromatic carbocycles. The number of rotatable bonds is 3. The van der Waals surface area contributed by atoms with E-state index in [-0.39, 0.29) is 0 Å². The molecule has 6 atom stereocenters. The van der Waals surface area contributed by atoms with Crippen molar-refractivity contribution in [1.82, 2.24) is 0 Å². The van der Waals surface area contributed by atoms with Crippen LogP contribution in [0.5, 0.6) is 0 Å². The van der Waals surface area contributed by atoms with Gasteiger partial charge in [-0.25, -0.2) is 0 Å². The van der Waals surface area contributed by atoms with Crippen LogP contribution >= 0.6 is 0 Å². The van der Waals surface area contributed by atoms with Crippen molar-refractivity contribution in [2.24, 2.45) is 23.2 Å². The summed E-state index contributed by atoms with van der Waals surface area (Å²) in [6.45, 7) is 11.1. The van der Waals surface area contributed by atoms with Gasteiger partial charge in [-0.15, -0.1) is 0 Å². The molecular weight excluding hydrogens is 308 g/mol. The highest BCUT2D eigenvalue weighted by molar-refractivity contribution is 5.29. The highest BCUT2D eigenvalue weighted by Gasteiger charge is 2.50. The highest BCUT2D eigenvalue weighted by Crippen LogP contribution is 2.59. The minimum Gasteiger partial charge on any atom is -0.388 e. The average Bonchev–Trinajstić information content (AvgIpc) is 2.94. The first-order chi connectivity index (χ1) is 11.9. The summed E-state index contributed by atoms with van der Waals surface area (Å²) in [4.78, 5) is 0. The van der Waals surface area contributed by atoms with Crippen LogP contribution in [0, 0.1) is 23.2 Å². The summed E-state index contributed by atoms with van der Waals surface area (Å²) in [5.41, 5.74) is 3.81. The summed E-state index contributed by atoms with van der Waals surface area (Å²) < 4.78 is 0. The summed E-state index contributed by atoms with van der Waals surface area (Å²) in [6.07, 6.45) is 12.5. The fourth-order valence-corrected chi connectivity index (χ4v) is 5.92. The molecule has 3 aliphatic rings. The van der Waals surface area contributed by atoms with Gasteiger partial charge < -0.3 is 10.2 Å². The van der Waals surface area contributed by atoms with E-state index in [9.17, 15) is 10.2 Å². The van der Waals surface area contributed by atoms with Gasteiger partial charge in [0.15, 0.2) is 0 Å². The molecule has 0 aromatic heterocycles. The van der Waals surface area contributed by atoms with Gasteiger partial charge in [0, 0.05) is 0 Å². The largest absolute Gasteiger partial charge is 0.388 e. The molecule has 0 unspecified atom stereocenters. The van der Waals surface area contributed by atoms with E-state index in [1.807, 2.05) is 0 Å². The fourth-order valence-electron chi connectivity index (χ4n) is 5.92. The molecule has 0 bridgehead atoms. The van der Waals surface area contributed by atoms with Crippen LogP contribution in [0.2, 0.25) is 0 Å². The van der Waals surface area contributed by atoms with Gasteiger partial charge in [0.05, 0.1) is 12.2 Å². The van der Waals surface area contributed by atoms with Gasteiger partial charge in [-0.2, -0.15) is 0 Å². The van der Waals surface area contributed by atoms with Crippen LogP contribution in [-0.4, -0.2) is 22.4 Å². The maximum atomic E-state index is 10.0. The van der Waals surface area contributed by atoms with Crippen LogP contribution in [0.1, 0.15) is 72.1 Å². The molecule has 0 spiro atoms. The number of hydrogen-bond acceptors (Lipinski definition) is 2. The Labute approximate surface area is 153 Å². The van der Waals surface area contributed by atoms with E-state index < -0.39 is 12.2 Å². The number of aliphatic hydroxyl groups excluding tert-OH is 2. The number of aliphatic hydroxyl groups is 2. The van der Waals surface area contributed by atoms with Crippen LogP contribution in [-0.2, 0) is 0 Å². The van der Waals surface area contributed by atoms with Crippen molar-refractivity contribution in [3.05, 3.63) is 35.5 Å². The molecular formula is C23H36O2. The summed E-state index contributed by atoms with van der Waals surface area (Å²) >= 11 is 0. The molecule has 0 amide bonds. The molecule has 2 heteroatoms. The zero-order chi connectivity index (χ0) is 18.2. The first kappa shape index (κ1) is 18.9. The Kier molecular flexibility index (Phi) is 5.60. The summed E-state index contributed by atoms with van der Waals surface area (Å²) in [5, 5.41) is 20.1. The molecule has 0 aromatic rings. The number of hydrogen-bond donors (Lipinski definition) is 2. The molecule has 0 saturated heterocycles. The predicted molar refractivity (Wildman–Crippen MR) is 104 cm³/mol. The van der Waals surface area contributed by atoms with Crippen LogP contribution < -0.4 is 0 Å². The molecule has 0 aliphatic heterocycles. The van der Waals surface area contributed by atoms with Gasteiger partial charge in [0.2, 0.25) is 0 Å². The first-order valence-corrected chi connectivity index (χ1v) is 10.3. The smallest absolute Gasteiger partial charge is 0.0809 e. The van der Waals surface area contributed by atoms with Gasteiger partial charge in [-0.1, -0.05) is 57.1 Å². The molecule has 3 aliphatic carbocycles. The maximum absolute atomic E-state index is 10.0. The third-order valence-corrected chi connectivity index (χ3v) is 7.67. The van der Waals surface area contributed by atoms with Gasteiger partial charge >= 0.3 is 0 Å². The number of fused-ring (bicyclic) bond motifs is 1. The second-order valence-electron chi connectivity index (χ2n) is 9.06. The lowest BCUT2D eigenvalue weighted by molar-refractivity contribution is 0.0961. The van der Waals surface area contributed by atoms with Gasteiger partial charge in [-0.05, 0) is 73.7 Å². The minimum absolute atomic E-state index is 0.470. The Morgan fingerprint density at radius 3 is 2.52 bits per heavy atom. The van der Waals surface area contributed by atoms with E-state index in [1.165, 1.54) is 38.5 Å². The van der Waals surface area contributed by atoms with E-state index in [0.29, 0.717) is 23.8 Å². The maximum Gasteiger partial charge on any atom is 0.0809 e. The van der Waals surface area contributed by atoms with E-state index in [1.54, 1.807) is 5.57 Å². The normalized spacial score (nSPS) is 41.7. The molecule has 2 N–H and O–H groups in total. The standard InChI is InChI=1S/C23H36O2/c1-5-15(2)19-10-11-20-18(7-6-12-23(19,20)4)9-8-17-13-21(24)16(3)22(25)14-17/h8-9,15,19-22,24-25H,3,5-7,10-14H2,1-2,4H3/t15-,19+,20-,21+,22+,23+/m0/s1. The Morgan fingerprint density at radius 2 is 1.88 bits per heavy atom. The van der Waals surface area contributed by atoms with Crippen LogP contribution in [0.25, 0.3) is 0 Å². The minimum atomic E-state index is -0.591. The zero-order valence-electron chi connectivity index (χ0n) is 16.3. The molecule has 3 saturated carbocycles. The first-order valence-electron chi connectivity index (χ1n) is 10.3. The second-order valence-corrected chi connectivity index (χ2v) is 9.06. The van der Waals surface area contributed by atoms with Crippen molar-refractivity contribution in [3.8, 4) is 0 Å². The third-order valence-electron chi connectivity index (χ3n) is 7.67.